The summed E-state index contributed by atoms with van der Waals surface area (Å²) in [7, 11) is 0. The number of hydrogen-bond acceptors (Lipinski definition) is 3. The van der Waals surface area contributed by atoms with Crippen molar-refractivity contribution in [2.45, 2.75) is 20.3 Å². The van der Waals surface area contributed by atoms with E-state index in [0.29, 0.717) is 12.2 Å². The first-order chi connectivity index (χ1) is 9.17. The number of aldehydes is 1. The molecule has 1 aliphatic heterocycles. The maximum atomic E-state index is 10.7. The second-order valence-electron chi connectivity index (χ2n) is 5.74. The molecule has 1 aromatic rings. The smallest absolute Gasteiger partial charge is 0.150 e. The predicted molar refractivity (Wildman–Crippen MR) is 76.7 cm³/mol. The van der Waals surface area contributed by atoms with Gasteiger partial charge in [0.2, 0.25) is 0 Å². The van der Waals surface area contributed by atoms with Crippen LogP contribution in [0.25, 0.3) is 0 Å². The minimum atomic E-state index is 0.665. The molecule has 1 saturated heterocycles. The van der Waals surface area contributed by atoms with Crippen LogP contribution in [0.3, 0.4) is 0 Å². The number of likely N-dealkylation sites (tertiary alicyclic amines) is 1. The average molecular weight is 261 g/mol. The summed E-state index contributed by atoms with van der Waals surface area (Å²) in [6.45, 7) is 8.61. The van der Waals surface area contributed by atoms with E-state index in [9.17, 15) is 4.79 Å². The van der Waals surface area contributed by atoms with Gasteiger partial charge in [-0.3, -0.25) is 9.69 Å². The molecule has 0 N–H and O–H groups in total. The molecule has 2 atom stereocenters. The molecule has 19 heavy (non-hydrogen) atoms. The number of carbonyl (C=O) groups is 1. The normalized spacial score (nSPS) is 24.1. The molecule has 0 saturated carbocycles. The van der Waals surface area contributed by atoms with Gasteiger partial charge < -0.3 is 4.74 Å². The van der Waals surface area contributed by atoms with Gasteiger partial charge in [-0.2, -0.15) is 0 Å². The second-order valence-corrected chi connectivity index (χ2v) is 5.74. The Morgan fingerprint density at radius 1 is 1.32 bits per heavy atom. The summed E-state index contributed by atoms with van der Waals surface area (Å²) in [5, 5.41) is 0. The fraction of sp³-hybridized carbons (Fsp3) is 0.562. The standard InChI is InChI=1S/C16H23NO2/c1-13-8-14(2)11-17(10-13)6-7-19-16-5-3-4-15(9-16)12-18/h3-5,9,12-14H,6-8,10-11H2,1-2H3/t13-,14-/m1/s1. The molecule has 0 unspecified atom stereocenters. The highest BCUT2D eigenvalue weighted by Crippen LogP contribution is 2.20. The van der Waals surface area contributed by atoms with E-state index in [0.717, 1.165) is 30.4 Å². The number of carbonyl (C=O) groups excluding carboxylic acids is 1. The van der Waals surface area contributed by atoms with Gasteiger partial charge in [0.05, 0.1) is 0 Å². The molecule has 3 nitrogen and oxygen atoms in total. The molecule has 0 bridgehead atoms. The maximum absolute atomic E-state index is 10.7. The Kier molecular flexibility index (Phi) is 4.97. The third-order valence-corrected chi connectivity index (χ3v) is 3.61. The van der Waals surface area contributed by atoms with Crippen molar-refractivity contribution in [3.05, 3.63) is 29.8 Å². The fourth-order valence-electron chi connectivity index (χ4n) is 2.94. The summed E-state index contributed by atoms with van der Waals surface area (Å²) in [6.07, 6.45) is 2.18. The average Bonchev–Trinajstić information content (AvgIpc) is 2.38. The highest BCUT2D eigenvalue weighted by atomic mass is 16.5. The lowest BCUT2D eigenvalue weighted by Gasteiger charge is -2.34. The van der Waals surface area contributed by atoms with Crippen molar-refractivity contribution < 1.29 is 9.53 Å². The third-order valence-electron chi connectivity index (χ3n) is 3.61. The molecule has 3 heteroatoms. The Balaban J connectivity index is 1.78. The summed E-state index contributed by atoms with van der Waals surface area (Å²) < 4.78 is 5.72. The van der Waals surface area contributed by atoms with E-state index in [2.05, 4.69) is 18.7 Å². The number of hydrogen-bond donors (Lipinski definition) is 0. The lowest BCUT2D eigenvalue weighted by atomic mass is 9.92. The van der Waals surface area contributed by atoms with E-state index in [1.165, 1.54) is 19.5 Å². The Labute approximate surface area is 115 Å². The molecule has 0 amide bonds. The SMILES string of the molecule is C[C@@H]1C[C@@H](C)CN(CCOc2cccc(C=O)c2)C1. The van der Waals surface area contributed by atoms with Crippen LogP contribution in [0.2, 0.25) is 0 Å². The molecule has 1 fully saturated rings. The largest absolute Gasteiger partial charge is 0.492 e. The first-order valence-corrected chi connectivity index (χ1v) is 7.07. The monoisotopic (exact) mass is 261 g/mol. The lowest BCUT2D eigenvalue weighted by molar-refractivity contribution is 0.112. The van der Waals surface area contributed by atoms with Crippen LogP contribution in [0.4, 0.5) is 0 Å². The Morgan fingerprint density at radius 2 is 2.05 bits per heavy atom. The summed E-state index contributed by atoms with van der Waals surface area (Å²) in [5.41, 5.74) is 0.665. The van der Waals surface area contributed by atoms with Crippen LogP contribution in [-0.4, -0.2) is 37.4 Å². The van der Waals surface area contributed by atoms with Crippen LogP contribution in [0, 0.1) is 11.8 Å². The van der Waals surface area contributed by atoms with Crippen LogP contribution >= 0.6 is 0 Å². The fourth-order valence-corrected chi connectivity index (χ4v) is 2.94. The van der Waals surface area contributed by atoms with Crippen molar-refractivity contribution in [1.82, 2.24) is 4.90 Å². The van der Waals surface area contributed by atoms with Crippen molar-refractivity contribution in [2.75, 3.05) is 26.2 Å². The van der Waals surface area contributed by atoms with E-state index in [1.54, 1.807) is 12.1 Å². The van der Waals surface area contributed by atoms with Crippen molar-refractivity contribution in [2.24, 2.45) is 11.8 Å². The van der Waals surface area contributed by atoms with Gasteiger partial charge in [0.1, 0.15) is 18.6 Å². The van der Waals surface area contributed by atoms with Crippen molar-refractivity contribution in [3.63, 3.8) is 0 Å². The zero-order valence-corrected chi connectivity index (χ0v) is 11.8. The predicted octanol–water partition coefficient (Wildman–Crippen LogP) is 2.86. The molecule has 1 aliphatic rings. The Morgan fingerprint density at radius 3 is 2.74 bits per heavy atom. The van der Waals surface area contributed by atoms with E-state index in [4.69, 9.17) is 4.74 Å². The first kappa shape index (κ1) is 14.1. The number of rotatable bonds is 5. The summed E-state index contributed by atoms with van der Waals surface area (Å²) >= 11 is 0. The molecule has 0 spiro atoms. The van der Waals surface area contributed by atoms with Gasteiger partial charge >= 0.3 is 0 Å². The molecule has 0 radical (unpaired) electrons. The molecular formula is C16H23NO2. The summed E-state index contributed by atoms with van der Waals surface area (Å²) in [5.74, 6) is 2.34. The van der Waals surface area contributed by atoms with Crippen molar-refractivity contribution in [3.8, 4) is 5.75 Å². The lowest BCUT2D eigenvalue weighted by Crippen LogP contribution is -2.40. The van der Waals surface area contributed by atoms with Gasteiger partial charge in [0, 0.05) is 25.2 Å². The molecule has 104 valence electrons. The third kappa shape index (κ3) is 4.35. The van der Waals surface area contributed by atoms with Crippen LogP contribution in [0.15, 0.2) is 24.3 Å². The van der Waals surface area contributed by atoms with E-state index >= 15 is 0 Å². The maximum Gasteiger partial charge on any atom is 0.150 e. The minimum Gasteiger partial charge on any atom is -0.492 e. The second kappa shape index (κ2) is 6.71. The van der Waals surface area contributed by atoms with Crippen LogP contribution in [0.1, 0.15) is 30.6 Å². The molecular weight excluding hydrogens is 238 g/mol. The molecule has 0 aromatic heterocycles. The summed E-state index contributed by atoms with van der Waals surface area (Å²) in [6, 6.07) is 7.32. The minimum absolute atomic E-state index is 0.665. The van der Waals surface area contributed by atoms with Crippen LogP contribution < -0.4 is 4.74 Å². The number of piperidine rings is 1. The molecule has 0 aliphatic carbocycles. The number of ether oxygens (including phenoxy) is 1. The zero-order chi connectivity index (χ0) is 13.7. The van der Waals surface area contributed by atoms with Crippen LogP contribution in [-0.2, 0) is 0 Å². The Hall–Kier alpha value is -1.35. The van der Waals surface area contributed by atoms with Gasteiger partial charge in [-0.25, -0.2) is 0 Å². The highest BCUT2D eigenvalue weighted by molar-refractivity contribution is 5.75. The van der Waals surface area contributed by atoms with Crippen molar-refractivity contribution >= 4 is 6.29 Å². The number of nitrogens with zero attached hydrogens (tertiary/aromatic N) is 1. The zero-order valence-electron chi connectivity index (χ0n) is 11.8. The first-order valence-electron chi connectivity index (χ1n) is 7.07. The van der Waals surface area contributed by atoms with Crippen LogP contribution in [0.5, 0.6) is 5.75 Å². The van der Waals surface area contributed by atoms with E-state index in [1.807, 2.05) is 12.1 Å². The van der Waals surface area contributed by atoms with E-state index in [-0.39, 0.29) is 0 Å². The topological polar surface area (TPSA) is 29.5 Å². The molecule has 1 aromatic carbocycles. The number of benzene rings is 1. The Bertz CT molecular complexity index is 409. The van der Waals surface area contributed by atoms with E-state index < -0.39 is 0 Å². The molecule has 1 heterocycles. The van der Waals surface area contributed by atoms with Gasteiger partial charge in [0.15, 0.2) is 0 Å². The van der Waals surface area contributed by atoms with Gasteiger partial charge in [-0.05, 0) is 30.4 Å². The van der Waals surface area contributed by atoms with Crippen molar-refractivity contribution in [1.29, 1.82) is 0 Å². The van der Waals surface area contributed by atoms with Gasteiger partial charge in [-0.1, -0.05) is 26.0 Å². The van der Waals surface area contributed by atoms with Gasteiger partial charge in [0.25, 0.3) is 0 Å². The summed E-state index contributed by atoms with van der Waals surface area (Å²) in [4.78, 5) is 13.2. The highest BCUT2D eigenvalue weighted by Gasteiger charge is 2.21. The van der Waals surface area contributed by atoms with Gasteiger partial charge in [-0.15, -0.1) is 0 Å². The quantitative estimate of drug-likeness (QED) is 0.763. The molecule has 2 rings (SSSR count).